The number of anilines is 1. The van der Waals surface area contributed by atoms with Crippen molar-refractivity contribution in [1.29, 1.82) is 0 Å². The maximum Gasteiger partial charge on any atom is 0.267 e. The molecule has 1 aliphatic rings. The Bertz CT molecular complexity index is 984. The first-order valence-corrected chi connectivity index (χ1v) is 10.2. The van der Waals surface area contributed by atoms with Gasteiger partial charge in [0.25, 0.3) is 5.91 Å². The first kappa shape index (κ1) is 18.7. The van der Waals surface area contributed by atoms with Crippen LogP contribution in [0.5, 0.6) is 5.75 Å². The highest BCUT2D eigenvalue weighted by Crippen LogP contribution is 2.38. The Kier molecular flexibility index (Phi) is 5.15. The highest BCUT2D eigenvalue weighted by molar-refractivity contribution is 7.13. The van der Waals surface area contributed by atoms with Crippen molar-refractivity contribution < 1.29 is 9.53 Å². The molecule has 0 fully saturated rings. The number of aromatic nitrogens is 1. The molecule has 3 aromatic rings. The molecule has 0 radical (unpaired) electrons. The SMILES string of the molecule is CC1Oc2ccc(-c3csc(-c4ccccc4)n3)cc2N(CCN(C)C)C1=O. The summed E-state index contributed by atoms with van der Waals surface area (Å²) in [5.74, 6) is 0.739. The van der Waals surface area contributed by atoms with E-state index in [0.29, 0.717) is 6.54 Å². The molecule has 144 valence electrons. The Morgan fingerprint density at radius 2 is 1.93 bits per heavy atom. The molecule has 2 heterocycles. The van der Waals surface area contributed by atoms with E-state index in [2.05, 4.69) is 22.4 Å². The number of hydrogen-bond donors (Lipinski definition) is 0. The summed E-state index contributed by atoms with van der Waals surface area (Å²) >= 11 is 1.62. The molecular weight excluding hydrogens is 370 g/mol. The summed E-state index contributed by atoms with van der Waals surface area (Å²) in [6, 6.07) is 16.1. The van der Waals surface area contributed by atoms with Crippen LogP contribution in [0.3, 0.4) is 0 Å². The van der Waals surface area contributed by atoms with E-state index < -0.39 is 6.10 Å². The van der Waals surface area contributed by atoms with Gasteiger partial charge < -0.3 is 14.5 Å². The Labute approximate surface area is 169 Å². The van der Waals surface area contributed by atoms with Gasteiger partial charge in [0.2, 0.25) is 0 Å². The lowest BCUT2D eigenvalue weighted by Crippen LogP contribution is -2.46. The van der Waals surface area contributed by atoms with E-state index in [9.17, 15) is 4.79 Å². The first-order valence-electron chi connectivity index (χ1n) is 9.31. The fraction of sp³-hybridized carbons (Fsp3) is 0.273. The molecule has 28 heavy (non-hydrogen) atoms. The van der Waals surface area contributed by atoms with E-state index in [4.69, 9.17) is 9.72 Å². The number of thiazole rings is 1. The zero-order chi connectivity index (χ0) is 19.7. The smallest absolute Gasteiger partial charge is 0.267 e. The van der Waals surface area contributed by atoms with Crippen molar-refractivity contribution in [1.82, 2.24) is 9.88 Å². The summed E-state index contributed by atoms with van der Waals surface area (Å²) in [6.45, 7) is 3.22. The van der Waals surface area contributed by atoms with Gasteiger partial charge in [0.15, 0.2) is 6.10 Å². The van der Waals surface area contributed by atoms with Gasteiger partial charge in [0, 0.05) is 29.6 Å². The van der Waals surface area contributed by atoms with Crippen LogP contribution in [0.1, 0.15) is 6.92 Å². The summed E-state index contributed by atoms with van der Waals surface area (Å²) in [5.41, 5.74) is 3.82. The fourth-order valence-corrected chi connectivity index (χ4v) is 4.05. The second-order valence-corrected chi connectivity index (χ2v) is 8.00. The van der Waals surface area contributed by atoms with Crippen LogP contribution in [0, 0.1) is 0 Å². The second kappa shape index (κ2) is 7.73. The van der Waals surface area contributed by atoms with E-state index in [0.717, 1.165) is 39.8 Å². The number of benzene rings is 2. The topological polar surface area (TPSA) is 45.7 Å². The Morgan fingerprint density at radius 1 is 1.14 bits per heavy atom. The average molecular weight is 394 g/mol. The Morgan fingerprint density at radius 3 is 2.68 bits per heavy atom. The molecule has 1 aromatic heterocycles. The lowest BCUT2D eigenvalue weighted by atomic mass is 10.1. The number of amides is 1. The van der Waals surface area contributed by atoms with Crippen molar-refractivity contribution in [3.63, 3.8) is 0 Å². The van der Waals surface area contributed by atoms with E-state index in [1.165, 1.54) is 0 Å². The molecule has 2 aromatic carbocycles. The van der Waals surface area contributed by atoms with Crippen molar-refractivity contribution in [3.8, 4) is 27.6 Å². The third-order valence-corrected chi connectivity index (χ3v) is 5.65. The lowest BCUT2D eigenvalue weighted by molar-refractivity contribution is -0.125. The van der Waals surface area contributed by atoms with Gasteiger partial charge in [-0.25, -0.2) is 4.98 Å². The van der Waals surface area contributed by atoms with Gasteiger partial charge >= 0.3 is 0 Å². The number of fused-ring (bicyclic) bond motifs is 1. The predicted octanol–water partition coefficient (Wildman–Crippen LogP) is 4.15. The summed E-state index contributed by atoms with van der Waals surface area (Å²) in [6.07, 6.45) is -0.468. The van der Waals surface area contributed by atoms with Crippen LogP contribution >= 0.6 is 11.3 Å². The predicted molar refractivity (Wildman–Crippen MR) is 114 cm³/mol. The van der Waals surface area contributed by atoms with Crippen LogP contribution in [-0.4, -0.2) is 49.1 Å². The van der Waals surface area contributed by atoms with Crippen molar-refractivity contribution in [3.05, 3.63) is 53.9 Å². The van der Waals surface area contributed by atoms with Crippen LogP contribution in [0.2, 0.25) is 0 Å². The second-order valence-electron chi connectivity index (χ2n) is 7.14. The molecule has 1 amide bonds. The molecule has 0 bridgehead atoms. The maximum absolute atomic E-state index is 12.7. The number of nitrogens with zero attached hydrogens (tertiary/aromatic N) is 3. The maximum atomic E-state index is 12.7. The molecule has 0 N–H and O–H groups in total. The van der Waals surface area contributed by atoms with E-state index in [1.54, 1.807) is 18.3 Å². The van der Waals surface area contributed by atoms with Gasteiger partial charge in [-0.1, -0.05) is 30.3 Å². The van der Waals surface area contributed by atoms with Crippen molar-refractivity contribution in [2.24, 2.45) is 0 Å². The molecule has 0 aliphatic carbocycles. The van der Waals surface area contributed by atoms with E-state index in [-0.39, 0.29) is 5.91 Å². The first-order chi connectivity index (χ1) is 13.5. The highest BCUT2D eigenvalue weighted by Gasteiger charge is 2.31. The molecule has 0 spiro atoms. The molecule has 0 saturated carbocycles. The third-order valence-electron chi connectivity index (χ3n) is 4.76. The molecule has 0 saturated heterocycles. The van der Waals surface area contributed by atoms with Crippen LogP contribution in [0.15, 0.2) is 53.9 Å². The molecule has 1 atom stereocenters. The monoisotopic (exact) mass is 393 g/mol. The zero-order valence-electron chi connectivity index (χ0n) is 16.3. The van der Waals surface area contributed by atoms with Crippen molar-refractivity contribution >= 4 is 22.9 Å². The number of carbonyl (C=O) groups excluding carboxylic acids is 1. The van der Waals surface area contributed by atoms with Gasteiger partial charge in [-0.3, -0.25) is 4.79 Å². The lowest BCUT2D eigenvalue weighted by Gasteiger charge is -2.34. The number of ether oxygens (including phenoxy) is 1. The minimum atomic E-state index is -0.468. The molecule has 5 nitrogen and oxygen atoms in total. The molecule has 6 heteroatoms. The third kappa shape index (κ3) is 3.66. The average Bonchev–Trinajstić information content (AvgIpc) is 3.19. The summed E-state index contributed by atoms with van der Waals surface area (Å²) in [4.78, 5) is 21.4. The summed E-state index contributed by atoms with van der Waals surface area (Å²) in [5, 5.41) is 3.04. The van der Waals surface area contributed by atoms with E-state index in [1.807, 2.05) is 55.4 Å². The number of carbonyl (C=O) groups is 1. The summed E-state index contributed by atoms with van der Waals surface area (Å²) < 4.78 is 5.82. The number of hydrogen-bond acceptors (Lipinski definition) is 5. The van der Waals surface area contributed by atoms with E-state index >= 15 is 0 Å². The standard InChI is InChI=1S/C22H23N3O2S/c1-15-22(26)25(12-11-24(2)3)19-13-17(9-10-20(19)27-15)18-14-28-21(23-18)16-7-5-4-6-8-16/h4-10,13-15H,11-12H2,1-3H3. The number of likely N-dealkylation sites (N-methyl/N-ethyl adjacent to an activating group) is 1. The van der Waals surface area contributed by atoms with Gasteiger partial charge in [0.1, 0.15) is 10.8 Å². The molecule has 4 rings (SSSR count). The minimum Gasteiger partial charge on any atom is -0.479 e. The van der Waals surface area contributed by atoms with Gasteiger partial charge in [-0.15, -0.1) is 11.3 Å². The molecular formula is C22H23N3O2S. The van der Waals surface area contributed by atoms with Crippen LogP contribution in [0.25, 0.3) is 21.8 Å². The van der Waals surface area contributed by atoms with Crippen molar-refractivity contribution in [2.45, 2.75) is 13.0 Å². The Balaban J connectivity index is 1.68. The Hall–Kier alpha value is -2.70. The quantitative estimate of drug-likeness (QED) is 0.653. The van der Waals surface area contributed by atoms with Crippen LogP contribution < -0.4 is 9.64 Å². The molecule has 1 aliphatic heterocycles. The zero-order valence-corrected chi connectivity index (χ0v) is 17.1. The van der Waals surface area contributed by atoms with Gasteiger partial charge in [-0.05, 0) is 39.2 Å². The van der Waals surface area contributed by atoms with Crippen LogP contribution in [0.4, 0.5) is 5.69 Å². The fourth-order valence-electron chi connectivity index (χ4n) is 3.22. The minimum absolute atomic E-state index is 0.00486. The number of rotatable bonds is 5. The van der Waals surface area contributed by atoms with Gasteiger partial charge in [-0.2, -0.15) is 0 Å². The van der Waals surface area contributed by atoms with Crippen LogP contribution in [-0.2, 0) is 4.79 Å². The molecule has 1 unspecified atom stereocenters. The highest BCUT2D eigenvalue weighted by atomic mass is 32.1. The summed E-state index contributed by atoms with van der Waals surface area (Å²) in [7, 11) is 4.01. The largest absolute Gasteiger partial charge is 0.479 e. The normalized spacial score (nSPS) is 16.2. The van der Waals surface area contributed by atoms with Gasteiger partial charge in [0.05, 0.1) is 11.4 Å². The van der Waals surface area contributed by atoms with Crippen molar-refractivity contribution in [2.75, 3.05) is 32.1 Å².